The normalized spacial score (nSPS) is 14.8. The standard InChI is InChI=1S/C42H30N4O2S4/c1-23-5-13-27(14-6-23)45(28-15-7-24(2)8-16-28)33-21-31-39(51-33)43-41(49-31)35-37(47)36(38(35)48)42-44-40-32(50-42)22-34(52-40)46(29-17-9-25(3)10-18-29)30-19-11-26(4)12-20-30/h5-22H,1-4H3/p+1. The Hall–Kier alpha value is -5.13. The Labute approximate surface area is 316 Å². The van der Waals surface area contributed by atoms with Gasteiger partial charge in [0.15, 0.2) is 0 Å². The van der Waals surface area contributed by atoms with E-state index in [9.17, 15) is 9.90 Å². The molecule has 1 aliphatic carbocycles. The van der Waals surface area contributed by atoms with Crippen LogP contribution in [0, 0.1) is 27.7 Å². The first-order valence-electron chi connectivity index (χ1n) is 16.7. The summed E-state index contributed by atoms with van der Waals surface area (Å²) in [5.74, 6) is -0.252. The second-order valence-corrected chi connectivity index (χ2v) is 17.1. The number of allylic oxidation sites excluding steroid dienone is 2. The predicted molar refractivity (Wildman–Crippen MR) is 220 cm³/mol. The van der Waals surface area contributed by atoms with E-state index in [0.717, 1.165) is 51.9 Å². The van der Waals surface area contributed by atoms with Crippen molar-refractivity contribution in [2.45, 2.75) is 32.7 Å². The van der Waals surface area contributed by atoms with Crippen molar-refractivity contribution in [3.05, 3.63) is 145 Å². The molecule has 0 unspecified atom stereocenters. The van der Waals surface area contributed by atoms with Crippen LogP contribution in [0.3, 0.4) is 0 Å². The van der Waals surface area contributed by atoms with E-state index in [4.69, 9.17) is 9.97 Å². The lowest BCUT2D eigenvalue weighted by Crippen LogP contribution is -2.26. The average Bonchev–Trinajstić information content (AvgIpc) is 3.89. The Balaban J connectivity index is 1.06. The highest BCUT2D eigenvalue weighted by molar-refractivity contribution is 8.15. The molecule has 0 saturated carbocycles. The molecule has 0 bridgehead atoms. The lowest BCUT2D eigenvalue weighted by atomic mass is 9.89. The molecule has 10 heteroatoms. The van der Waals surface area contributed by atoms with Gasteiger partial charge in [0, 0.05) is 53.5 Å². The van der Waals surface area contributed by atoms with Crippen LogP contribution in [-0.2, 0) is 4.79 Å². The fraction of sp³-hybridized carbons (Fsp3) is 0.0952. The summed E-state index contributed by atoms with van der Waals surface area (Å²) in [5.41, 5.74) is 9.58. The number of thiazole rings is 2. The van der Waals surface area contributed by atoms with E-state index in [-0.39, 0.29) is 22.7 Å². The second kappa shape index (κ2) is 12.8. The number of anilines is 3. The number of aliphatic hydroxyl groups is 1. The van der Waals surface area contributed by atoms with Gasteiger partial charge in [0.25, 0.3) is 5.04 Å². The van der Waals surface area contributed by atoms with Crippen LogP contribution in [0.1, 0.15) is 27.3 Å². The molecule has 1 aliphatic heterocycles. The maximum atomic E-state index is 13.6. The monoisotopic (exact) mass is 751 g/mol. The molecule has 52 heavy (non-hydrogen) atoms. The first-order valence-corrected chi connectivity index (χ1v) is 20.0. The molecule has 0 amide bonds. The quantitative estimate of drug-likeness (QED) is 0.171. The van der Waals surface area contributed by atoms with Crippen molar-refractivity contribution in [2.24, 2.45) is 0 Å². The van der Waals surface area contributed by atoms with Crippen molar-refractivity contribution < 1.29 is 9.90 Å². The highest BCUT2D eigenvalue weighted by Crippen LogP contribution is 2.46. The summed E-state index contributed by atoms with van der Waals surface area (Å²) in [7, 11) is 0. The summed E-state index contributed by atoms with van der Waals surface area (Å²) in [6.07, 6.45) is 2.12. The molecular weight excluding hydrogens is 721 g/mol. The largest absolute Gasteiger partial charge is 0.506 e. The number of ketones is 1. The third-order valence-corrected chi connectivity index (χ3v) is 13.4. The lowest BCUT2D eigenvalue weighted by Gasteiger charge is -2.23. The summed E-state index contributed by atoms with van der Waals surface area (Å²) in [5, 5.41) is 14.7. The van der Waals surface area contributed by atoms with Crippen LogP contribution in [0.4, 0.5) is 27.8 Å². The number of nitrogens with zero attached hydrogens (tertiary/aromatic N) is 4. The van der Waals surface area contributed by atoms with E-state index in [1.54, 1.807) is 23.1 Å². The minimum atomic E-state index is -0.220. The van der Waals surface area contributed by atoms with Crippen molar-refractivity contribution in [2.75, 3.05) is 4.90 Å². The fourth-order valence-corrected chi connectivity index (χ4v) is 10.9. The molecule has 0 fully saturated rings. The minimum absolute atomic E-state index is 0.0323. The molecule has 0 spiro atoms. The molecule has 9 rings (SSSR count). The molecule has 7 aromatic rings. The number of Topliss-reactive ketones (excluding diaryl/α,β-unsaturated/α-hetero) is 1. The maximum Gasteiger partial charge on any atom is 0.254 e. The van der Waals surface area contributed by atoms with Crippen LogP contribution in [0.2, 0.25) is 0 Å². The topological polar surface area (TPSA) is 69.3 Å². The van der Waals surface area contributed by atoms with Gasteiger partial charge in [-0.3, -0.25) is 4.79 Å². The number of benzene rings is 4. The van der Waals surface area contributed by atoms with Crippen LogP contribution < -0.4 is 18.7 Å². The Bertz CT molecular complexity index is 2630. The summed E-state index contributed by atoms with van der Waals surface area (Å²) in [4.78, 5) is 26.4. The number of hydrogen-bond donors (Lipinski definition) is 1. The van der Waals surface area contributed by atoms with Gasteiger partial charge in [-0.15, -0.1) is 27.2 Å². The highest BCUT2D eigenvalue weighted by Gasteiger charge is 2.39. The number of carbonyl (C=O) groups excluding carboxylic acids is 1. The molecule has 0 radical (unpaired) electrons. The zero-order valence-electron chi connectivity index (χ0n) is 28.7. The first-order chi connectivity index (χ1) is 25.2. The number of hydrogen-bond acceptors (Lipinski definition) is 9. The fourth-order valence-electron chi connectivity index (χ4n) is 6.26. The van der Waals surface area contributed by atoms with Gasteiger partial charge in [0.2, 0.25) is 17.2 Å². The van der Waals surface area contributed by atoms with Crippen LogP contribution >= 0.6 is 45.8 Å². The molecule has 4 aromatic carbocycles. The van der Waals surface area contributed by atoms with E-state index in [0.29, 0.717) is 9.67 Å². The number of rotatable bonds is 6. The van der Waals surface area contributed by atoms with Crippen molar-refractivity contribution in [1.82, 2.24) is 14.5 Å². The lowest BCUT2D eigenvalue weighted by molar-refractivity contribution is -0.109. The van der Waals surface area contributed by atoms with Crippen LogP contribution in [0.15, 0.2) is 114 Å². The average molecular weight is 752 g/mol. The second-order valence-electron chi connectivity index (χ2n) is 13.0. The molecule has 6 nitrogen and oxygen atoms in total. The molecular formula is C42H31N4O2S4+. The predicted octanol–water partition coefficient (Wildman–Crippen LogP) is 10.0. The Morgan fingerprint density at radius 1 is 0.654 bits per heavy atom. The summed E-state index contributed by atoms with van der Waals surface area (Å²) < 4.78 is 4.70. The van der Waals surface area contributed by atoms with E-state index in [1.807, 2.05) is 0 Å². The maximum absolute atomic E-state index is 13.6. The molecule has 1 N–H and O–H groups in total. The van der Waals surface area contributed by atoms with Gasteiger partial charge < -0.3 is 10.0 Å². The van der Waals surface area contributed by atoms with Gasteiger partial charge in [-0.2, -0.15) is 0 Å². The number of aromatic nitrogens is 2. The first kappa shape index (κ1) is 32.8. The zero-order chi connectivity index (χ0) is 35.7. The minimum Gasteiger partial charge on any atom is -0.506 e. The number of aryl methyl sites for hydroxylation is 4. The summed E-state index contributed by atoms with van der Waals surface area (Å²) in [6, 6.07) is 36.1. The molecule has 2 aliphatic rings. The van der Waals surface area contributed by atoms with Gasteiger partial charge in [0.05, 0.1) is 9.23 Å². The van der Waals surface area contributed by atoms with Crippen molar-refractivity contribution in [1.29, 1.82) is 0 Å². The van der Waals surface area contributed by atoms with Gasteiger partial charge in [-0.25, -0.2) is 9.97 Å². The molecule has 0 saturated heterocycles. The van der Waals surface area contributed by atoms with Gasteiger partial charge >= 0.3 is 0 Å². The highest BCUT2D eigenvalue weighted by atomic mass is 32.2. The molecule has 0 atom stereocenters. The van der Waals surface area contributed by atoms with E-state index < -0.39 is 0 Å². The van der Waals surface area contributed by atoms with E-state index in [1.165, 1.54) is 44.9 Å². The van der Waals surface area contributed by atoms with E-state index in [2.05, 4.69) is 146 Å². The number of thioether (sulfide) groups is 1. The molecule has 3 aromatic heterocycles. The van der Waals surface area contributed by atoms with Gasteiger partial charge in [-0.05, 0) is 58.0 Å². The van der Waals surface area contributed by atoms with Crippen LogP contribution in [0.25, 0.3) is 26.8 Å². The summed E-state index contributed by atoms with van der Waals surface area (Å²) >= 11 is 6.00. The van der Waals surface area contributed by atoms with Crippen molar-refractivity contribution in [3.63, 3.8) is 0 Å². The number of fused-ring (bicyclic) bond motifs is 2. The van der Waals surface area contributed by atoms with Gasteiger partial charge in [0.1, 0.15) is 41.4 Å². The Kier molecular flexibility index (Phi) is 8.08. The zero-order valence-corrected chi connectivity index (χ0v) is 31.9. The number of thiophene rings is 1. The molecule has 254 valence electrons. The third-order valence-electron chi connectivity index (χ3n) is 9.12. The SMILES string of the molecule is Cc1ccc(N(c2ccc(C)cc2)c2cc3sc(C4=C(O)/C(=c5\nc6c(s5)=CC(=[N+](c5ccc(C)cc5)c5ccc(C)cc5)S6)C4=O)nc3s2)cc1. The molecule has 4 heterocycles. The Morgan fingerprint density at radius 2 is 1.19 bits per heavy atom. The third kappa shape index (κ3) is 5.72. The van der Waals surface area contributed by atoms with Crippen LogP contribution in [0.5, 0.6) is 0 Å². The van der Waals surface area contributed by atoms with E-state index >= 15 is 0 Å². The summed E-state index contributed by atoms with van der Waals surface area (Å²) in [6.45, 7) is 8.34. The van der Waals surface area contributed by atoms with Crippen molar-refractivity contribution in [3.8, 4) is 0 Å². The van der Waals surface area contributed by atoms with Crippen LogP contribution in [-0.4, -0.2) is 25.9 Å². The van der Waals surface area contributed by atoms with Gasteiger partial charge in [-0.1, -0.05) is 82.1 Å². The number of carbonyl (C=O) groups is 1. The number of aliphatic hydroxyl groups excluding tert-OH is 1. The smallest absolute Gasteiger partial charge is 0.254 e. The van der Waals surface area contributed by atoms with Crippen molar-refractivity contribution >= 4 is 111 Å². The Morgan fingerprint density at radius 3 is 1.69 bits per heavy atom.